The average molecular weight is 256 g/mol. The van der Waals surface area contributed by atoms with Gasteiger partial charge in [-0.25, -0.2) is 4.39 Å². The molecule has 0 aliphatic heterocycles. The van der Waals surface area contributed by atoms with Crippen LogP contribution in [-0.2, 0) is 0 Å². The third-order valence-corrected chi connectivity index (χ3v) is 3.84. The van der Waals surface area contributed by atoms with Crippen molar-refractivity contribution in [2.75, 3.05) is 0 Å². The molecular weight excluding hydrogens is 239 g/mol. The molecular formula is C17H17FO. The van der Waals surface area contributed by atoms with Crippen molar-refractivity contribution in [3.63, 3.8) is 0 Å². The molecule has 1 N–H and O–H groups in total. The Kier molecular flexibility index (Phi) is 3.11. The standard InChI is InChI=1S/C17H17FO/c1-11-6-9-13(18)10-16(11)17(19)15-5-3-2-4-14(15)12-7-8-12/h2-6,9-10,12,17,19H,7-8H2,1H3. The molecule has 0 radical (unpaired) electrons. The van der Waals surface area contributed by atoms with Crippen LogP contribution in [-0.4, -0.2) is 5.11 Å². The number of aliphatic hydroxyl groups is 1. The van der Waals surface area contributed by atoms with Crippen LogP contribution in [0.15, 0.2) is 42.5 Å². The first kappa shape index (κ1) is 12.4. The van der Waals surface area contributed by atoms with Gasteiger partial charge >= 0.3 is 0 Å². The molecule has 1 saturated carbocycles. The van der Waals surface area contributed by atoms with E-state index in [2.05, 4.69) is 6.07 Å². The second-order valence-electron chi connectivity index (χ2n) is 5.31. The Bertz CT molecular complexity index is 602. The third-order valence-electron chi connectivity index (χ3n) is 3.84. The predicted molar refractivity (Wildman–Crippen MR) is 73.6 cm³/mol. The van der Waals surface area contributed by atoms with Gasteiger partial charge in [0.2, 0.25) is 0 Å². The first-order valence-corrected chi connectivity index (χ1v) is 6.70. The molecule has 0 bridgehead atoms. The summed E-state index contributed by atoms with van der Waals surface area (Å²) in [6, 6.07) is 12.5. The van der Waals surface area contributed by atoms with Crippen molar-refractivity contribution in [3.05, 3.63) is 70.5 Å². The molecule has 1 aliphatic carbocycles. The van der Waals surface area contributed by atoms with Gasteiger partial charge in [0.15, 0.2) is 0 Å². The highest BCUT2D eigenvalue weighted by Crippen LogP contribution is 2.44. The second kappa shape index (κ2) is 4.78. The maximum atomic E-state index is 13.4. The van der Waals surface area contributed by atoms with Crippen molar-refractivity contribution in [2.24, 2.45) is 0 Å². The number of halogens is 1. The monoisotopic (exact) mass is 256 g/mol. The van der Waals surface area contributed by atoms with Crippen molar-refractivity contribution in [3.8, 4) is 0 Å². The average Bonchev–Trinajstić information content (AvgIpc) is 3.25. The van der Waals surface area contributed by atoms with E-state index in [9.17, 15) is 9.50 Å². The third kappa shape index (κ3) is 2.41. The normalized spacial score (nSPS) is 16.4. The molecule has 98 valence electrons. The van der Waals surface area contributed by atoms with Crippen molar-refractivity contribution < 1.29 is 9.50 Å². The Hall–Kier alpha value is -1.67. The number of aliphatic hydroxyl groups excluding tert-OH is 1. The number of rotatable bonds is 3. The fraction of sp³-hybridized carbons (Fsp3) is 0.294. The van der Waals surface area contributed by atoms with E-state index < -0.39 is 6.10 Å². The summed E-state index contributed by atoms with van der Waals surface area (Å²) in [5.74, 6) is 0.267. The van der Waals surface area contributed by atoms with Crippen LogP contribution in [0.2, 0.25) is 0 Å². The first-order valence-electron chi connectivity index (χ1n) is 6.70. The van der Waals surface area contributed by atoms with Crippen molar-refractivity contribution >= 4 is 0 Å². The van der Waals surface area contributed by atoms with E-state index in [4.69, 9.17) is 0 Å². The van der Waals surface area contributed by atoms with Crippen LogP contribution in [0.4, 0.5) is 4.39 Å². The van der Waals surface area contributed by atoms with E-state index in [1.807, 2.05) is 25.1 Å². The molecule has 2 heteroatoms. The van der Waals surface area contributed by atoms with Crippen LogP contribution in [0.3, 0.4) is 0 Å². The Balaban J connectivity index is 2.04. The molecule has 1 atom stereocenters. The van der Waals surface area contributed by atoms with Gasteiger partial charge in [-0.05, 0) is 60.1 Å². The summed E-state index contributed by atoms with van der Waals surface area (Å²) in [4.78, 5) is 0. The minimum absolute atomic E-state index is 0.302. The summed E-state index contributed by atoms with van der Waals surface area (Å²) in [7, 11) is 0. The highest BCUT2D eigenvalue weighted by molar-refractivity contribution is 5.42. The lowest BCUT2D eigenvalue weighted by atomic mass is 9.92. The van der Waals surface area contributed by atoms with Crippen molar-refractivity contribution in [1.29, 1.82) is 0 Å². The molecule has 1 aliphatic rings. The van der Waals surface area contributed by atoms with Gasteiger partial charge in [0.25, 0.3) is 0 Å². The van der Waals surface area contributed by atoms with Gasteiger partial charge < -0.3 is 5.11 Å². The minimum atomic E-state index is -0.743. The Morgan fingerprint density at radius 3 is 2.58 bits per heavy atom. The molecule has 0 spiro atoms. The summed E-state index contributed by atoms with van der Waals surface area (Å²) in [6.45, 7) is 1.90. The van der Waals surface area contributed by atoms with Gasteiger partial charge in [0, 0.05) is 0 Å². The predicted octanol–water partition coefficient (Wildman–Crippen LogP) is 4.09. The lowest BCUT2D eigenvalue weighted by Crippen LogP contribution is -2.05. The van der Waals surface area contributed by atoms with E-state index >= 15 is 0 Å². The van der Waals surface area contributed by atoms with Crippen molar-refractivity contribution in [2.45, 2.75) is 31.8 Å². The van der Waals surface area contributed by atoms with Crippen LogP contribution in [0.5, 0.6) is 0 Å². The SMILES string of the molecule is Cc1ccc(F)cc1C(O)c1ccccc1C1CC1. The van der Waals surface area contributed by atoms with Crippen molar-refractivity contribution in [1.82, 2.24) is 0 Å². The zero-order valence-corrected chi connectivity index (χ0v) is 10.9. The molecule has 0 aromatic heterocycles. The fourth-order valence-electron chi connectivity index (χ4n) is 2.60. The second-order valence-corrected chi connectivity index (χ2v) is 5.31. The Morgan fingerprint density at radius 1 is 1.11 bits per heavy atom. The van der Waals surface area contributed by atoms with Crippen LogP contribution in [0.25, 0.3) is 0 Å². The molecule has 0 saturated heterocycles. The van der Waals surface area contributed by atoms with Gasteiger partial charge in [0.1, 0.15) is 11.9 Å². The molecule has 19 heavy (non-hydrogen) atoms. The number of benzene rings is 2. The van der Waals surface area contributed by atoms with E-state index in [0.29, 0.717) is 11.5 Å². The molecule has 1 nitrogen and oxygen atoms in total. The molecule has 0 heterocycles. The van der Waals surface area contributed by atoms with Crippen LogP contribution in [0.1, 0.15) is 47.1 Å². The number of hydrogen-bond donors (Lipinski definition) is 1. The number of hydrogen-bond acceptors (Lipinski definition) is 1. The van der Waals surface area contributed by atoms with E-state index in [0.717, 1.165) is 11.1 Å². The lowest BCUT2D eigenvalue weighted by molar-refractivity contribution is 0.218. The molecule has 1 fully saturated rings. The number of aryl methyl sites for hydroxylation is 1. The lowest BCUT2D eigenvalue weighted by Gasteiger charge is -2.17. The summed E-state index contributed by atoms with van der Waals surface area (Å²) < 4.78 is 13.4. The molecule has 0 amide bonds. The zero-order chi connectivity index (χ0) is 13.4. The summed E-state index contributed by atoms with van der Waals surface area (Å²) in [5, 5.41) is 10.6. The van der Waals surface area contributed by atoms with Crippen LogP contribution < -0.4 is 0 Å². The largest absolute Gasteiger partial charge is 0.384 e. The van der Waals surface area contributed by atoms with Gasteiger partial charge in [-0.3, -0.25) is 0 Å². The molecule has 3 rings (SSSR count). The maximum Gasteiger partial charge on any atom is 0.123 e. The van der Waals surface area contributed by atoms with Crippen LogP contribution in [0, 0.1) is 12.7 Å². The smallest absolute Gasteiger partial charge is 0.123 e. The molecule has 1 unspecified atom stereocenters. The summed E-state index contributed by atoms with van der Waals surface area (Å²) >= 11 is 0. The zero-order valence-electron chi connectivity index (χ0n) is 10.9. The Labute approximate surface area is 112 Å². The van der Waals surface area contributed by atoms with E-state index in [1.54, 1.807) is 6.07 Å². The fourth-order valence-corrected chi connectivity index (χ4v) is 2.60. The summed E-state index contributed by atoms with van der Waals surface area (Å²) in [6.07, 6.45) is 1.63. The van der Waals surface area contributed by atoms with Crippen LogP contribution >= 0.6 is 0 Å². The minimum Gasteiger partial charge on any atom is -0.384 e. The molecule has 2 aromatic rings. The van der Waals surface area contributed by atoms with Gasteiger partial charge in [-0.15, -0.1) is 0 Å². The first-order chi connectivity index (χ1) is 9.16. The molecule has 2 aromatic carbocycles. The highest BCUT2D eigenvalue weighted by Gasteiger charge is 2.28. The van der Waals surface area contributed by atoms with Gasteiger partial charge in [-0.1, -0.05) is 30.3 Å². The summed E-state index contributed by atoms with van der Waals surface area (Å²) in [5.41, 5.74) is 3.70. The van der Waals surface area contributed by atoms with Gasteiger partial charge in [0.05, 0.1) is 0 Å². The van der Waals surface area contributed by atoms with Gasteiger partial charge in [-0.2, -0.15) is 0 Å². The quantitative estimate of drug-likeness (QED) is 0.876. The van der Waals surface area contributed by atoms with E-state index in [1.165, 1.54) is 30.5 Å². The highest BCUT2D eigenvalue weighted by atomic mass is 19.1. The maximum absolute atomic E-state index is 13.4. The topological polar surface area (TPSA) is 20.2 Å². The van der Waals surface area contributed by atoms with E-state index in [-0.39, 0.29) is 5.82 Å². The Morgan fingerprint density at radius 2 is 1.84 bits per heavy atom.